The molecular weight excluding hydrogens is 344 g/mol. The van der Waals surface area contributed by atoms with Crippen LogP contribution < -0.4 is 0 Å². The van der Waals surface area contributed by atoms with Crippen LogP contribution >= 0.6 is 11.6 Å². The summed E-state index contributed by atoms with van der Waals surface area (Å²) in [5.41, 5.74) is 2.29. The van der Waals surface area contributed by atoms with Crippen LogP contribution in [0.3, 0.4) is 0 Å². The first-order valence-corrected chi connectivity index (χ1v) is 9.54. The first kappa shape index (κ1) is 19.0. The van der Waals surface area contributed by atoms with Crippen LogP contribution in [-0.4, -0.2) is 46.6 Å². The van der Waals surface area contributed by atoms with Crippen molar-refractivity contribution in [1.29, 1.82) is 0 Å². The predicted molar refractivity (Wildman–Crippen MR) is 109 cm³/mol. The van der Waals surface area contributed by atoms with Crippen LogP contribution in [0.25, 0.3) is 0 Å². The maximum atomic E-state index is 10.0. The number of rotatable bonds is 5. The minimum Gasteiger partial charge on any atom is -0.508 e. The molecule has 1 N–H and O–H groups in total. The van der Waals surface area contributed by atoms with Gasteiger partial charge in [0.05, 0.1) is 6.04 Å². The van der Waals surface area contributed by atoms with Crippen molar-refractivity contribution in [3.05, 3.63) is 77.3 Å². The van der Waals surface area contributed by atoms with E-state index in [1.165, 1.54) is 5.56 Å². The molecule has 0 aromatic heterocycles. The summed E-state index contributed by atoms with van der Waals surface area (Å²) in [6.07, 6.45) is 1.98. The van der Waals surface area contributed by atoms with Crippen molar-refractivity contribution in [2.75, 3.05) is 19.6 Å². The second-order valence-electron chi connectivity index (χ2n) is 7.05. The lowest BCUT2D eigenvalue weighted by Crippen LogP contribution is -2.58. The molecule has 1 unspecified atom stereocenters. The summed E-state index contributed by atoms with van der Waals surface area (Å²) in [7, 11) is 0. The molecule has 0 radical (unpaired) electrons. The Labute approximate surface area is 161 Å². The van der Waals surface area contributed by atoms with Gasteiger partial charge in [-0.1, -0.05) is 41.9 Å². The molecule has 1 saturated heterocycles. The normalized spacial score (nSPS) is 22.9. The minimum absolute atomic E-state index is 0.0858. The number of benzene rings is 2. The molecule has 138 valence electrons. The third-order valence-corrected chi connectivity index (χ3v) is 5.76. The molecule has 1 fully saturated rings. The molecule has 0 bridgehead atoms. The molecule has 0 aliphatic carbocycles. The zero-order valence-electron chi connectivity index (χ0n) is 15.5. The van der Waals surface area contributed by atoms with Crippen molar-refractivity contribution in [3.8, 4) is 5.75 Å². The Hall–Kier alpha value is -1.81. The highest BCUT2D eigenvalue weighted by Gasteiger charge is 2.35. The Bertz CT molecular complexity index is 746. The maximum absolute atomic E-state index is 10.0. The predicted octanol–water partition coefficient (Wildman–Crippen LogP) is 4.72. The SMILES string of the molecule is C=CCN1CCN(C(c2ccc(Cl)cc2)c2cccc(O)c2)[C@@H](C)[C@H]1C. The van der Waals surface area contributed by atoms with E-state index in [9.17, 15) is 5.11 Å². The smallest absolute Gasteiger partial charge is 0.115 e. The zero-order chi connectivity index (χ0) is 18.7. The Morgan fingerprint density at radius 3 is 2.50 bits per heavy atom. The molecule has 2 aromatic carbocycles. The number of aromatic hydroxyl groups is 1. The van der Waals surface area contributed by atoms with Crippen molar-refractivity contribution in [2.45, 2.75) is 32.0 Å². The molecule has 3 nitrogen and oxygen atoms in total. The lowest BCUT2D eigenvalue weighted by atomic mass is 9.92. The number of hydrogen-bond acceptors (Lipinski definition) is 3. The molecule has 3 rings (SSSR count). The van der Waals surface area contributed by atoms with E-state index < -0.39 is 0 Å². The van der Waals surface area contributed by atoms with Gasteiger partial charge in [-0.2, -0.15) is 0 Å². The van der Waals surface area contributed by atoms with Gasteiger partial charge in [0.25, 0.3) is 0 Å². The van der Waals surface area contributed by atoms with Gasteiger partial charge in [0.15, 0.2) is 0 Å². The summed E-state index contributed by atoms with van der Waals surface area (Å²) in [4.78, 5) is 5.00. The first-order valence-electron chi connectivity index (χ1n) is 9.16. The highest BCUT2D eigenvalue weighted by molar-refractivity contribution is 6.30. The molecule has 2 aromatic rings. The zero-order valence-corrected chi connectivity index (χ0v) is 16.2. The van der Waals surface area contributed by atoms with Crippen molar-refractivity contribution < 1.29 is 5.11 Å². The monoisotopic (exact) mass is 370 g/mol. The van der Waals surface area contributed by atoms with Crippen molar-refractivity contribution in [3.63, 3.8) is 0 Å². The lowest BCUT2D eigenvalue weighted by Gasteiger charge is -2.48. The Kier molecular flexibility index (Phi) is 6.02. The molecule has 0 spiro atoms. The Balaban J connectivity index is 1.98. The second kappa shape index (κ2) is 8.26. The summed E-state index contributed by atoms with van der Waals surface area (Å²) < 4.78 is 0. The molecule has 0 amide bonds. The minimum atomic E-state index is 0.0858. The van der Waals surface area contributed by atoms with E-state index in [1.807, 2.05) is 30.3 Å². The van der Waals surface area contributed by atoms with Gasteiger partial charge >= 0.3 is 0 Å². The molecule has 1 aliphatic heterocycles. The van der Waals surface area contributed by atoms with Gasteiger partial charge in [-0.25, -0.2) is 0 Å². The molecule has 1 heterocycles. The third kappa shape index (κ3) is 3.96. The van der Waals surface area contributed by atoms with Crippen molar-refractivity contribution in [2.24, 2.45) is 0 Å². The van der Waals surface area contributed by atoms with Gasteiger partial charge in [0.1, 0.15) is 5.75 Å². The van der Waals surface area contributed by atoms with Gasteiger partial charge in [-0.15, -0.1) is 6.58 Å². The van der Waals surface area contributed by atoms with Crippen LogP contribution in [0.5, 0.6) is 5.75 Å². The molecule has 26 heavy (non-hydrogen) atoms. The summed E-state index contributed by atoms with van der Waals surface area (Å²) in [6.45, 7) is 11.3. The summed E-state index contributed by atoms with van der Waals surface area (Å²) in [6, 6.07) is 16.5. The van der Waals surface area contributed by atoms with Gasteiger partial charge in [-0.3, -0.25) is 9.80 Å². The average molecular weight is 371 g/mol. The average Bonchev–Trinajstić information content (AvgIpc) is 2.63. The number of halogens is 1. The van der Waals surface area contributed by atoms with Gasteiger partial charge in [0, 0.05) is 36.7 Å². The molecular formula is C22H27ClN2O. The Morgan fingerprint density at radius 1 is 1.12 bits per heavy atom. The fourth-order valence-electron chi connectivity index (χ4n) is 3.94. The maximum Gasteiger partial charge on any atom is 0.115 e. The quantitative estimate of drug-likeness (QED) is 0.772. The summed E-state index contributed by atoms with van der Waals surface area (Å²) >= 11 is 6.11. The van der Waals surface area contributed by atoms with E-state index >= 15 is 0 Å². The highest BCUT2D eigenvalue weighted by Crippen LogP contribution is 2.35. The van der Waals surface area contributed by atoms with E-state index in [4.69, 9.17) is 11.6 Å². The number of nitrogens with zero attached hydrogens (tertiary/aromatic N) is 2. The second-order valence-corrected chi connectivity index (χ2v) is 7.49. The topological polar surface area (TPSA) is 26.7 Å². The standard InChI is InChI=1S/C22H27ClN2O/c1-4-12-24-13-14-25(17(3)16(24)2)22(18-8-10-20(23)11-9-18)19-6-5-7-21(26)15-19/h4-11,15-17,22,26H,1,12-14H2,2-3H3/t16-,17+,22?/m1/s1. The summed E-state index contributed by atoms with van der Waals surface area (Å²) in [5, 5.41) is 10.8. The van der Waals surface area contributed by atoms with Crippen LogP contribution in [0, 0.1) is 0 Å². The van der Waals surface area contributed by atoms with Crippen LogP contribution in [0.2, 0.25) is 5.02 Å². The molecule has 4 heteroatoms. The third-order valence-electron chi connectivity index (χ3n) is 5.51. The highest BCUT2D eigenvalue weighted by atomic mass is 35.5. The van der Waals surface area contributed by atoms with E-state index in [0.29, 0.717) is 17.8 Å². The molecule has 0 saturated carbocycles. The Morgan fingerprint density at radius 2 is 1.85 bits per heavy atom. The molecule has 1 aliphatic rings. The van der Waals surface area contributed by atoms with E-state index in [0.717, 1.165) is 30.2 Å². The first-order chi connectivity index (χ1) is 12.5. The van der Waals surface area contributed by atoms with Crippen molar-refractivity contribution >= 4 is 11.6 Å². The van der Waals surface area contributed by atoms with E-state index in [1.54, 1.807) is 6.07 Å². The van der Waals surface area contributed by atoms with E-state index in [2.05, 4.69) is 48.4 Å². The fourth-order valence-corrected chi connectivity index (χ4v) is 4.06. The lowest BCUT2D eigenvalue weighted by molar-refractivity contribution is 0.0239. The van der Waals surface area contributed by atoms with Crippen LogP contribution in [0.1, 0.15) is 31.0 Å². The van der Waals surface area contributed by atoms with Gasteiger partial charge in [-0.05, 0) is 49.2 Å². The summed E-state index contributed by atoms with van der Waals surface area (Å²) in [5.74, 6) is 0.299. The van der Waals surface area contributed by atoms with Gasteiger partial charge < -0.3 is 5.11 Å². The number of phenols is 1. The number of hydrogen-bond donors (Lipinski definition) is 1. The van der Waals surface area contributed by atoms with Crippen LogP contribution in [0.15, 0.2) is 61.2 Å². The van der Waals surface area contributed by atoms with Crippen LogP contribution in [0.4, 0.5) is 0 Å². The van der Waals surface area contributed by atoms with Gasteiger partial charge in [0.2, 0.25) is 0 Å². The van der Waals surface area contributed by atoms with Crippen LogP contribution in [-0.2, 0) is 0 Å². The largest absolute Gasteiger partial charge is 0.508 e. The van der Waals surface area contributed by atoms with Crippen molar-refractivity contribution in [1.82, 2.24) is 9.80 Å². The van der Waals surface area contributed by atoms with E-state index in [-0.39, 0.29) is 6.04 Å². The number of phenolic OH excluding ortho intramolecular Hbond substituents is 1. The number of piperazine rings is 1. The molecule has 3 atom stereocenters. The fraction of sp³-hybridized carbons (Fsp3) is 0.364.